The summed E-state index contributed by atoms with van der Waals surface area (Å²) in [4.78, 5) is 22.0. The predicted molar refractivity (Wildman–Crippen MR) is 111 cm³/mol. The van der Waals surface area contributed by atoms with Gasteiger partial charge in [0.2, 0.25) is 17.6 Å². The Hall–Kier alpha value is -2.29. The second-order valence-corrected chi connectivity index (χ2v) is 7.76. The minimum absolute atomic E-state index is 0.148. The van der Waals surface area contributed by atoms with E-state index < -0.39 is 0 Å². The number of benzene rings is 1. The van der Waals surface area contributed by atoms with Gasteiger partial charge in [0, 0.05) is 63.8 Å². The summed E-state index contributed by atoms with van der Waals surface area (Å²) in [6, 6.07) is 9.96. The van der Waals surface area contributed by atoms with Crippen LogP contribution in [-0.4, -0.2) is 84.5 Å². The second-order valence-electron chi connectivity index (χ2n) is 7.76. The molecule has 0 radical (unpaired) electrons. The van der Waals surface area contributed by atoms with Gasteiger partial charge in [0.05, 0.1) is 13.2 Å². The van der Waals surface area contributed by atoms with Crippen LogP contribution in [-0.2, 0) is 20.7 Å². The molecule has 0 spiro atoms. The fourth-order valence-electron chi connectivity index (χ4n) is 4.00. The van der Waals surface area contributed by atoms with Crippen molar-refractivity contribution in [1.82, 2.24) is 19.9 Å². The highest BCUT2D eigenvalue weighted by Crippen LogP contribution is 2.18. The molecule has 1 aromatic heterocycles. The maximum Gasteiger partial charge on any atom is 0.227 e. The molecule has 2 aliphatic heterocycles. The van der Waals surface area contributed by atoms with Crippen LogP contribution in [0.5, 0.6) is 0 Å². The molecule has 4 rings (SSSR count). The standard InChI is InChI=1S/C22H30N4O4/c27-21(7-6-20-23-22(24-30-20)18-4-2-1-3-5-18)26(19-8-14-28-15-9-19)11-10-25-12-16-29-17-13-25/h1-5,19H,6-17H2. The van der Waals surface area contributed by atoms with Crippen LogP contribution in [0.15, 0.2) is 34.9 Å². The molecular weight excluding hydrogens is 384 g/mol. The fourth-order valence-corrected chi connectivity index (χ4v) is 4.00. The van der Waals surface area contributed by atoms with Crippen LogP contribution < -0.4 is 0 Å². The van der Waals surface area contributed by atoms with E-state index in [-0.39, 0.29) is 11.9 Å². The molecular formula is C22H30N4O4. The molecule has 1 amide bonds. The number of amides is 1. The van der Waals surface area contributed by atoms with Crippen molar-refractivity contribution in [2.24, 2.45) is 0 Å². The molecule has 0 unspecified atom stereocenters. The lowest BCUT2D eigenvalue weighted by molar-refractivity contribution is -0.136. The third-order valence-corrected chi connectivity index (χ3v) is 5.77. The number of aromatic nitrogens is 2. The van der Waals surface area contributed by atoms with Crippen LogP contribution in [0.3, 0.4) is 0 Å². The molecule has 2 fully saturated rings. The van der Waals surface area contributed by atoms with Gasteiger partial charge >= 0.3 is 0 Å². The van der Waals surface area contributed by atoms with Crippen LogP contribution in [0.2, 0.25) is 0 Å². The molecule has 2 saturated heterocycles. The first-order valence-corrected chi connectivity index (χ1v) is 10.8. The van der Waals surface area contributed by atoms with E-state index in [2.05, 4.69) is 15.0 Å². The molecule has 2 aliphatic rings. The Morgan fingerprint density at radius 2 is 1.80 bits per heavy atom. The van der Waals surface area contributed by atoms with Crippen molar-refractivity contribution >= 4 is 5.91 Å². The summed E-state index contributed by atoms with van der Waals surface area (Å²) in [6.07, 6.45) is 2.62. The molecule has 1 aromatic carbocycles. The van der Waals surface area contributed by atoms with Gasteiger partial charge in [-0.05, 0) is 12.8 Å². The summed E-state index contributed by atoms with van der Waals surface area (Å²) in [5.41, 5.74) is 0.910. The lowest BCUT2D eigenvalue weighted by Crippen LogP contribution is -2.48. The lowest BCUT2D eigenvalue weighted by Gasteiger charge is -2.36. The molecule has 162 valence electrons. The first-order chi connectivity index (χ1) is 14.8. The Morgan fingerprint density at radius 1 is 1.07 bits per heavy atom. The maximum atomic E-state index is 13.1. The molecule has 8 nitrogen and oxygen atoms in total. The third-order valence-electron chi connectivity index (χ3n) is 5.77. The molecule has 0 bridgehead atoms. The van der Waals surface area contributed by atoms with Crippen molar-refractivity contribution in [3.05, 3.63) is 36.2 Å². The van der Waals surface area contributed by atoms with Crippen molar-refractivity contribution in [2.75, 3.05) is 52.6 Å². The summed E-state index contributed by atoms with van der Waals surface area (Å²) < 4.78 is 16.3. The number of nitrogens with zero attached hydrogens (tertiary/aromatic N) is 4. The molecule has 2 aromatic rings. The number of ether oxygens (including phenoxy) is 2. The van der Waals surface area contributed by atoms with Crippen LogP contribution in [0.25, 0.3) is 11.4 Å². The van der Waals surface area contributed by atoms with E-state index in [1.54, 1.807) is 0 Å². The predicted octanol–water partition coefficient (Wildman–Crippen LogP) is 2.01. The van der Waals surface area contributed by atoms with Crippen molar-refractivity contribution in [3.63, 3.8) is 0 Å². The average Bonchev–Trinajstić information content (AvgIpc) is 3.29. The minimum Gasteiger partial charge on any atom is -0.381 e. The second kappa shape index (κ2) is 10.7. The van der Waals surface area contributed by atoms with Gasteiger partial charge in [-0.3, -0.25) is 9.69 Å². The van der Waals surface area contributed by atoms with Gasteiger partial charge in [-0.1, -0.05) is 35.5 Å². The van der Waals surface area contributed by atoms with Crippen LogP contribution in [0.4, 0.5) is 0 Å². The Labute approximate surface area is 177 Å². The van der Waals surface area contributed by atoms with Gasteiger partial charge in [0.1, 0.15) is 0 Å². The number of aryl methyl sites for hydroxylation is 1. The summed E-state index contributed by atoms with van der Waals surface area (Å²) in [5.74, 6) is 1.21. The molecule has 30 heavy (non-hydrogen) atoms. The quantitative estimate of drug-likeness (QED) is 0.654. The van der Waals surface area contributed by atoms with E-state index in [1.807, 2.05) is 35.2 Å². The summed E-state index contributed by atoms with van der Waals surface area (Å²) >= 11 is 0. The topological polar surface area (TPSA) is 80.9 Å². The zero-order valence-electron chi connectivity index (χ0n) is 17.4. The van der Waals surface area contributed by atoms with E-state index in [0.29, 0.717) is 24.6 Å². The fraction of sp³-hybridized carbons (Fsp3) is 0.591. The van der Waals surface area contributed by atoms with Crippen molar-refractivity contribution in [3.8, 4) is 11.4 Å². The van der Waals surface area contributed by atoms with E-state index >= 15 is 0 Å². The van der Waals surface area contributed by atoms with Gasteiger partial charge in [0.15, 0.2) is 0 Å². The number of hydrogen-bond acceptors (Lipinski definition) is 7. The summed E-state index contributed by atoms with van der Waals surface area (Å²) in [7, 11) is 0. The van der Waals surface area contributed by atoms with E-state index in [1.165, 1.54) is 0 Å². The number of hydrogen-bond donors (Lipinski definition) is 0. The van der Waals surface area contributed by atoms with Crippen molar-refractivity contribution in [2.45, 2.75) is 31.7 Å². The highest BCUT2D eigenvalue weighted by molar-refractivity contribution is 5.76. The first-order valence-electron chi connectivity index (χ1n) is 10.8. The highest BCUT2D eigenvalue weighted by Gasteiger charge is 2.26. The number of carbonyl (C=O) groups excluding carboxylic acids is 1. The lowest BCUT2D eigenvalue weighted by atomic mass is 10.1. The number of carbonyl (C=O) groups is 1. The summed E-state index contributed by atoms with van der Waals surface area (Å²) in [6.45, 7) is 6.46. The normalized spacial score (nSPS) is 18.4. The zero-order chi connectivity index (χ0) is 20.6. The van der Waals surface area contributed by atoms with Gasteiger partial charge < -0.3 is 18.9 Å². The number of rotatable bonds is 8. The van der Waals surface area contributed by atoms with Gasteiger partial charge in [-0.2, -0.15) is 4.98 Å². The smallest absolute Gasteiger partial charge is 0.227 e. The van der Waals surface area contributed by atoms with Gasteiger partial charge in [0.25, 0.3) is 0 Å². The van der Waals surface area contributed by atoms with Crippen LogP contribution >= 0.6 is 0 Å². The van der Waals surface area contributed by atoms with Crippen molar-refractivity contribution < 1.29 is 18.8 Å². The summed E-state index contributed by atoms with van der Waals surface area (Å²) in [5, 5.41) is 4.05. The Morgan fingerprint density at radius 3 is 2.57 bits per heavy atom. The van der Waals surface area contributed by atoms with Gasteiger partial charge in [-0.25, -0.2) is 0 Å². The largest absolute Gasteiger partial charge is 0.381 e. The average molecular weight is 415 g/mol. The van der Waals surface area contributed by atoms with Crippen LogP contribution in [0.1, 0.15) is 25.2 Å². The van der Waals surface area contributed by atoms with Crippen LogP contribution in [0, 0.1) is 0 Å². The maximum absolute atomic E-state index is 13.1. The van der Waals surface area contributed by atoms with E-state index in [4.69, 9.17) is 14.0 Å². The SMILES string of the molecule is O=C(CCc1nc(-c2ccccc2)no1)N(CCN1CCOCC1)C1CCOCC1. The number of morpholine rings is 1. The molecule has 8 heteroatoms. The molecule has 0 saturated carbocycles. The molecule has 3 heterocycles. The molecule has 0 aliphatic carbocycles. The minimum atomic E-state index is 0.148. The van der Waals surface area contributed by atoms with E-state index in [0.717, 1.165) is 71.0 Å². The first kappa shape index (κ1) is 21.0. The highest BCUT2D eigenvalue weighted by atomic mass is 16.5. The third kappa shape index (κ3) is 5.65. The monoisotopic (exact) mass is 414 g/mol. The Bertz CT molecular complexity index is 785. The van der Waals surface area contributed by atoms with E-state index in [9.17, 15) is 4.79 Å². The Balaban J connectivity index is 1.34. The van der Waals surface area contributed by atoms with Crippen molar-refractivity contribution in [1.29, 1.82) is 0 Å². The molecule has 0 atom stereocenters. The Kier molecular flexibility index (Phi) is 7.44. The van der Waals surface area contributed by atoms with Gasteiger partial charge in [-0.15, -0.1) is 0 Å². The molecule has 0 N–H and O–H groups in total. The zero-order valence-corrected chi connectivity index (χ0v) is 17.4.